The largest absolute Gasteiger partial charge is 0.348 e. The van der Waals surface area contributed by atoms with Gasteiger partial charge in [-0.2, -0.15) is 4.31 Å². The molecule has 0 aromatic heterocycles. The molecule has 2 aromatic rings. The zero-order chi connectivity index (χ0) is 19.6. The standard InChI is InChI=1S/C19H20BrClN2O3S/c1-13(16-5-2-3-6-17(16)21)22-19(24)18-7-4-12-23(18)27(25,26)15-10-8-14(20)9-11-15/h2-3,5-6,8-11,13,18H,4,7,12H2,1H3,(H,22,24)/t13-,18-/m0/s1. The van der Waals surface area contributed by atoms with E-state index in [0.29, 0.717) is 24.4 Å². The van der Waals surface area contributed by atoms with E-state index in [1.54, 1.807) is 30.3 Å². The molecule has 1 aliphatic rings. The smallest absolute Gasteiger partial charge is 0.243 e. The fourth-order valence-electron chi connectivity index (χ4n) is 3.25. The first-order valence-electron chi connectivity index (χ1n) is 8.63. The molecule has 3 rings (SSSR count). The zero-order valence-electron chi connectivity index (χ0n) is 14.7. The van der Waals surface area contributed by atoms with Crippen molar-refractivity contribution in [2.45, 2.75) is 36.7 Å². The van der Waals surface area contributed by atoms with Gasteiger partial charge in [-0.25, -0.2) is 8.42 Å². The molecular weight excluding hydrogens is 452 g/mol. The van der Waals surface area contributed by atoms with Gasteiger partial charge in [0.1, 0.15) is 6.04 Å². The van der Waals surface area contributed by atoms with E-state index in [2.05, 4.69) is 21.2 Å². The molecular formula is C19H20BrClN2O3S. The van der Waals surface area contributed by atoms with Crippen LogP contribution >= 0.6 is 27.5 Å². The summed E-state index contributed by atoms with van der Waals surface area (Å²) < 4.78 is 28.1. The summed E-state index contributed by atoms with van der Waals surface area (Å²) in [4.78, 5) is 13.0. The summed E-state index contributed by atoms with van der Waals surface area (Å²) >= 11 is 9.50. The first-order chi connectivity index (χ1) is 12.8. The maximum atomic E-state index is 13.0. The average molecular weight is 472 g/mol. The molecule has 2 aromatic carbocycles. The van der Waals surface area contributed by atoms with Crippen LogP contribution in [0.3, 0.4) is 0 Å². The molecule has 0 radical (unpaired) electrons. The van der Waals surface area contributed by atoms with Crippen LogP contribution in [0.5, 0.6) is 0 Å². The number of nitrogens with one attached hydrogen (secondary N) is 1. The van der Waals surface area contributed by atoms with E-state index in [0.717, 1.165) is 10.0 Å². The third-order valence-corrected chi connectivity index (χ3v) is 7.45. The lowest BCUT2D eigenvalue weighted by Gasteiger charge is -2.25. The Morgan fingerprint density at radius 3 is 2.56 bits per heavy atom. The van der Waals surface area contributed by atoms with Gasteiger partial charge in [0.25, 0.3) is 0 Å². The van der Waals surface area contributed by atoms with Gasteiger partial charge in [0, 0.05) is 16.0 Å². The number of hydrogen-bond donors (Lipinski definition) is 1. The van der Waals surface area contributed by atoms with Crippen LogP contribution < -0.4 is 5.32 Å². The minimum absolute atomic E-state index is 0.185. The molecule has 1 N–H and O–H groups in total. The molecule has 0 aliphatic carbocycles. The van der Waals surface area contributed by atoms with E-state index in [9.17, 15) is 13.2 Å². The van der Waals surface area contributed by atoms with Gasteiger partial charge in [-0.3, -0.25) is 4.79 Å². The van der Waals surface area contributed by atoms with Crippen molar-refractivity contribution >= 4 is 43.5 Å². The lowest BCUT2D eigenvalue weighted by Crippen LogP contribution is -2.46. The highest BCUT2D eigenvalue weighted by Crippen LogP contribution is 2.28. The Labute approximate surface area is 172 Å². The van der Waals surface area contributed by atoms with E-state index in [4.69, 9.17) is 11.6 Å². The third-order valence-electron chi connectivity index (χ3n) is 4.66. The van der Waals surface area contributed by atoms with Gasteiger partial charge in [-0.05, 0) is 55.7 Å². The van der Waals surface area contributed by atoms with Gasteiger partial charge in [-0.1, -0.05) is 45.7 Å². The van der Waals surface area contributed by atoms with Crippen LogP contribution in [0.1, 0.15) is 31.4 Å². The van der Waals surface area contributed by atoms with Crippen LogP contribution in [0.15, 0.2) is 57.9 Å². The van der Waals surface area contributed by atoms with Gasteiger partial charge >= 0.3 is 0 Å². The Bertz CT molecular complexity index is 934. The lowest BCUT2D eigenvalue weighted by atomic mass is 10.1. The van der Waals surface area contributed by atoms with Crippen LogP contribution in [0.4, 0.5) is 0 Å². The first kappa shape index (κ1) is 20.3. The molecule has 1 fully saturated rings. The van der Waals surface area contributed by atoms with Crippen molar-refractivity contribution in [2.24, 2.45) is 0 Å². The summed E-state index contributed by atoms with van der Waals surface area (Å²) in [5.41, 5.74) is 0.799. The fourth-order valence-corrected chi connectivity index (χ4v) is 5.47. The van der Waals surface area contributed by atoms with Crippen molar-refractivity contribution in [1.82, 2.24) is 9.62 Å². The van der Waals surface area contributed by atoms with Crippen LogP contribution in [0.2, 0.25) is 5.02 Å². The summed E-state index contributed by atoms with van der Waals surface area (Å²) in [6.07, 6.45) is 1.14. The SMILES string of the molecule is C[C@H](NC(=O)[C@@H]1CCCN1S(=O)(=O)c1ccc(Br)cc1)c1ccccc1Cl. The fraction of sp³-hybridized carbons (Fsp3) is 0.316. The topological polar surface area (TPSA) is 66.5 Å². The summed E-state index contributed by atoms with van der Waals surface area (Å²) in [7, 11) is -3.73. The predicted molar refractivity (Wildman–Crippen MR) is 109 cm³/mol. The summed E-state index contributed by atoms with van der Waals surface area (Å²) in [6.45, 7) is 2.17. The molecule has 8 heteroatoms. The lowest BCUT2D eigenvalue weighted by molar-refractivity contribution is -0.124. The minimum atomic E-state index is -3.73. The van der Waals surface area contributed by atoms with Crippen LogP contribution in [-0.4, -0.2) is 31.2 Å². The number of hydrogen-bond acceptors (Lipinski definition) is 3. The van der Waals surface area contributed by atoms with Crippen molar-refractivity contribution in [3.05, 3.63) is 63.6 Å². The quantitative estimate of drug-likeness (QED) is 0.713. The van der Waals surface area contributed by atoms with Gasteiger partial charge < -0.3 is 5.32 Å². The van der Waals surface area contributed by atoms with Crippen molar-refractivity contribution in [3.8, 4) is 0 Å². The maximum absolute atomic E-state index is 13.0. The van der Waals surface area contributed by atoms with E-state index >= 15 is 0 Å². The molecule has 0 saturated carbocycles. The number of halogens is 2. The third kappa shape index (κ3) is 4.37. The number of carbonyl (C=O) groups is 1. The Hall–Kier alpha value is -1.41. The molecule has 0 spiro atoms. The van der Waals surface area contributed by atoms with Gasteiger partial charge in [0.15, 0.2) is 0 Å². The molecule has 5 nitrogen and oxygen atoms in total. The summed E-state index contributed by atoms with van der Waals surface area (Å²) in [6, 6.07) is 12.7. The van der Waals surface area contributed by atoms with Crippen molar-refractivity contribution < 1.29 is 13.2 Å². The van der Waals surface area contributed by atoms with Gasteiger partial charge in [0.2, 0.25) is 15.9 Å². The molecule has 1 aliphatic heterocycles. The van der Waals surface area contributed by atoms with Crippen LogP contribution in [-0.2, 0) is 14.8 Å². The van der Waals surface area contributed by atoms with Gasteiger partial charge in [0.05, 0.1) is 10.9 Å². The highest BCUT2D eigenvalue weighted by molar-refractivity contribution is 9.10. The molecule has 144 valence electrons. The van der Waals surface area contributed by atoms with Gasteiger partial charge in [-0.15, -0.1) is 0 Å². The molecule has 2 atom stereocenters. The summed E-state index contributed by atoms with van der Waals surface area (Å²) in [5.74, 6) is -0.305. The Morgan fingerprint density at radius 1 is 1.22 bits per heavy atom. The number of carbonyl (C=O) groups excluding carboxylic acids is 1. The second-order valence-electron chi connectivity index (χ2n) is 6.48. The average Bonchev–Trinajstić information content (AvgIpc) is 3.13. The second-order valence-corrected chi connectivity index (χ2v) is 9.69. The molecule has 1 saturated heterocycles. The Balaban J connectivity index is 1.78. The number of rotatable bonds is 5. The number of benzene rings is 2. The first-order valence-corrected chi connectivity index (χ1v) is 11.2. The van der Waals surface area contributed by atoms with E-state index in [-0.39, 0.29) is 16.8 Å². The minimum Gasteiger partial charge on any atom is -0.348 e. The maximum Gasteiger partial charge on any atom is 0.243 e. The Kier molecular flexibility index (Phi) is 6.25. The zero-order valence-corrected chi connectivity index (χ0v) is 17.9. The van der Waals surface area contributed by atoms with E-state index in [1.165, 1.54) is 4.31 Å². The highest BCUT2D eigenvalue weighted by atomic mass is 79.9. The van der Waals surface area contributed by atoms with Crippen LogP contribution in [0.25, 0.3) is 0 Å². The molecule has 1 heterocycles. The van der Waals surface area contributed by atoms with E-state index in [1.807, 2.05) is 25.1 Å². The number of sulfonamides is 1. The number of amides is 1. The molecule has 0 unspecified atom stereocenters. The second kappa shape index (κ2) is 8.31. The monoisotopic (exact) mass is 470 g/mol. The predicted octanol–water partition coefficient (Wildman–Crippen LogP) is 4.13. The highest BCUT2D eigenvalue weighted by Gasteiger charge is 2.39. The van der Waals surface area contributed by atoms with Crippen LogP contribution in [0, 0.1) is 0 Å². The van der Waals surface area contributed by atoms with Crippen molar-refractivity contribution in [1.29, 1.82) is 0 Å². The number of nitrogens with zero attached hydrogens (tertiary/aromatic N) is 1. The normalized spacial score (nSPS) is 19.0. The Morgan fingerprint density at radius 2 is 1.89 bits per heavy atom. The molecule has 1 amide bonds. The molecule has 27 heavy (non-hydrogen) atoms. The van der Waals surface area contributed by atoms with Crippen molar-refractivity contribution in [3.63, 3.8) is 0 Å². The van der Waals surface area contributed by atoms with Crippen molar-refractivity contribution in [2.75, 3.05) is 6.54 Å². The summed E-state index contributed by atoms with van der Waals surface area (Å²) in [5, 5.41) is 3.47. The molecule has 0 bridgehead atoms. The van der Waals surface area contributed by atoms with E-state index < -0.39 is 16.1 Å².